The highest BCUT2D eigenvalue weighted by Crippen LogP contribution is 2.34. The molecule has 3 aromatic rings. The summed E-state index contributed by atoms with van der Waals surface area (Å²) >= 11 is 0. The van der Waals surface area contributed by atoms with E-state index in [-0.39, 0.29) is 11.1 Å². The first-order valence-corrected chi connectivity index (χ1v) is 6.98. The number of benzene rings is 2. The number of fused-ring (bicyclic) bond motifs is 1. The van der Waals surface area contributed by atoms with Gasteiger partial charge in [-0.15, -0.1) is 0 Å². The van der Waals surface area contributed by atoms with Crippen molar-refractivity contribution in [2.75, 3.05) is 0 Å². The van der Waals surface area contributed by atoms with Gasteiger partial charge in [0.15, 0.2) is 0 Å². The second-order valence-electron chi connectivity index (χ2n) is 5.36. The molecule has 3 nitrogen and oxygen atoms in total. The van der Waals surface area contributed by atoms with Gasteiger partial charge in [-0.3, -0.25) is 4.98 Å². The first-order valence-electron chi connectivity index (χ1n) is 6.98. The van der Waals surface area contributed by atoms with Gasteiger partial charge in [-0.05, 0) is 55.3 Å². The van der Waals surface area contributed by atoms with Gasteiger partial charge in [0.2, 0.25) is 0 Å². The molecule has 5 heteroatoms. The number of pyridine rings is 1. The lowest BCUT2D eigenvalue weighted by molar-refractivity contribution is 0.0697. The van der Waals surface area contributed by atoms with Crippen molar-refractivity contribution in [2.45, 2.75) is 13.8 Å². The quantitative estimate of drug-likeness (QED) is 0.758. The molecular formula is C18H13F2NO2. The van der Waals surface area contributed by atoms with E-state index in [2.05, 4.69) is 4.98 Å². The van der Waals surface area contributed by atoms with E-state index in [4.69, 9.17) is 0 Å². The van der Waals surface area contributed by atoms with E-state index in [9.17, 15) is 18.7 Å². The van der Waals surface area contributed by atoms with Crippen molar-refractivity contribution in [3.8, 4) is 11.1 Å². The van der Waals surface area contributed by atoms with Gasteiger partial charge in [-0.25, -0.2) is 13.6 Å². The predicted molar refractivity (Wildman–Crippen MR) is 83.5 cm³/mol. The molecule has 2 aromatic carbocycles. The Morgan fingerprint density at radius 3 is 2.48 bits per heavy atom. The zero-order valence-corrected chi connectivity index (χ0v) is 12.5. The van der Waals surface area contributed by atoms with Crippen molar-refractivity contribution >= 4 is 16.9 Å². The number of aromatic nitrogens is 1. The molecule has 0 aliphatic rings. The number of halogens is 2. The van der Waals surface area contributed by atoms with E-state index in [0.29, 0.717) is 22.2 Å². The van der Waals surface area contributed by atoms with Gasteiger partial charge in [0, 0.05) is 22.7 Å². The summed E-state index contributed by atoms with van der Waals surface area (Å²) in [5.41, 5.74) is 2.85. The van der Waals surface area contributed by atoms with Gasteiger partial charge < -0.3 is 5.11 Å². The zero-order chi connectivity index (χ0) is 16.7. The third kappa shape index (κ3) is 2.54. The van der Waals surface area contributed by atoms with Crippen LogP contribution in [0.2, 0.25) is 0 Å². The van der Waals surface area contributed by atoms with Gasteiger partial charge >= 0.3 is 5.97 Å². The Morgan fingerprint density at radius 1 is 1.09 bits per heavy atom. The molecular weight excluding hydrogens is 300 g/mol. The molecule has 1 N–H and O–H groups in total. The van der Waals surface area contributed by atoms with Crippen LogP contribution in [0.4, 0.5) is 8.78 Å². The van der Waals surface area contributed by atoms with Crippen molar-refractivity contribution < 1.29 is 18.7 Å². The maximum Gasteiger partial charge on any atom is 0.335 e. The van der Waals surface area contributed by atoms with E-state index in [1.807, 2.05) is 0 Å². The summed E-state index contributed by atoms with van der Waals surface area (Å²) in [5, 5.41) is 9.70. The average molecular weight is 313 g/mol. The Bertz CT molecular complexity index is 951. The highest BCUT2D eigenvalue weighted by Gasteiger charge is 2.16. The summed E-state index contributed by atoms with van der Waals surface area (Å²) in [6, 6.07) is 7.87. The Morgan fingerprint density at radius 2 is 1.83 bits per heavy atom. The Labute approximate surface area is 131 Å². The minimum Gasteiger partial charge on any atom is -0.478 e. The summed E-state index contributed by atoms with van der Waals surface area (Å²) in [7, 11) is 0. The van der Waals surface area contributed by atoms with E-state index in [1.165, 1.54) is 24.3 Å². The number of carboxylic acid groups (broad SMARTS) is 1. The molecule has 0 aliphatic carbocycles. The second-order valence-corrected chi connectivity index (χ2v) is 5.36. The first-order chi connectivity index (χ1) is 10.9. The minimum atomic E-state index is -1.07. The van der Waals surface area contributed by atoms with Crippen LogP contribution in [0.25, 0.3) is 22.0 Å². The summed E-state index contributed by atoms with van der Waals surface area (Å²) < 4.78 is 27.5. The van der Waals surface area contributed by atoms with Gasteiger partial charge in [-0.1, -0.05) is 0 Å². The molecule has 0 aliphatic heterocycles. The molecule has 116 valence electrons. The van der Waals surface area contributed by atoms with Crippen molar-refractivity contribution in [2.24, 2.45) is 0 Å². The van der Waals surface area contributed by atoms with Crippen molar-refractivity contribution in [3.05, 3.63) is 64.9 Å². The number of hydrogen-bond acceptors (Lipinski definition) is 2. The van der Waals surface area contributed by atoms with E-state index < -0.39 is 17.6 Å². The number of carbonyl (C=O) groups is 1. The average Bonchev–Trinajstić information content (AvgIpc) is 2.49. The molecule has 0 fully saturated rings. The van der Waals surface area contributed by atoms with Crippen LogP contribution in [0.15, 0.2) is 36.4 Å². The Hall–Kier alpha value is -2.82. The van der Waals surface area contributed by atoms with Crippen LogP contribution in [0.1, 0.15) is 21.6 Å². The molecule has 1 aromatic heterocycles. The topological polar surface area (TPSA) is 50.2 Å². The van der Waals surface area contributed by atoms with Gasteiger partial charge in [0.05, 0.1) is 11.1 Å². The van der Waals surface area contributed by atoms with Crippen LogP contribution in [-0.2, 0) is 0 Å². The maximum atomic E-state index is 14.3. The van der Waals surface area contributed by atoms with Gasteiger partial charge in [-0.2, -0.15) is 0 Å². The number of aromatic carboxylic acids is 1. The highest BCUT2D eigenvalue weighted by molar-refractivity contribution is 6.01. The smallest absolute Gasteiger partial charge is 0.335 e. The monoisotopic (exact) mass is 313 g/mol. The van der Waals surface area contributed by atoms with Crippen molar-refractivity contribution in [1.82, 2.24) is 4.98 Å². The summed E-state index contributed by atoms with van der Waals surface area (Å²) in [6.45, 7) is 3.58. The third-order valence-corrected chi connectivity index (χ3v) is 3.92. The minimum absolute atomic E-state index is 0.0892. The lowest BCUT2D eigenvalue weighted by Gasteiger charge is -2.14. The Balaban J connectivity index is 2.43. The van der Waals surface area contributed by atoms with E-state index in [0.717, 1.165) is 11.6 Å². The lowest BCUT2D eigenvalue weighted by atomic mass is 9.94. The Kier molecular flexibility index (Phi) is 3.56. The molecule has 1 heterocycles. The van der Waals surface area contributed by atoms with Crippen molar-refractivity contribution in [1.29, 1.82) is 0 Å². The molecule has 0 atom stereocenters. The van der Waals surface area contributed by atoms with Crippen LogP contribution in [-0.4, -0.2) is 16.1 Å². The molecule has 23 heavy (non-hydrogen) atoms. The van der Waals surface area contributed by atoms with E-state index in [1.54, 1.807) is 19.9 Å². The summed E-state index contributed by atoms with van der Waals surface area (Å²) in [4.78, 5) is 15.6. The van der Waals surface area contributed by atoms with Crippen LogP contribution in [0.5, 0.6) is 0 Å². The van der Waals surface area contributed by atoms with Crippen LogP contribution in [0, 0.1) is 25.5 Å². The molecule has 0 saturated heterocycles. The normalized spacial score (nSPS) is 11.0. The molecule has 0 radical (unpaired) electrons. The van der Waals surface area contributed by atoms with Crippen LogP contribution >= 0.6 is 0 Å². The zero-order valence-electron chi connectivity index (χ0n) is 12.5. The second kappa shape index (κ2) is 5.43. The highest BCUT2D eigenvalue weighted by atomic mass is 19.1. The fraction of sp³-hybridized carbons (Fsp3) is 0.111. The van der Waals surface area contributed by atoms with Gasteiger partial charge in [0.25, 0.3) is 0 Å². The van der Waals surface area contributed by atoms with Gasteiger partial charge in [0.1, 0.15) is 11.6 Å². The molecule has 0 saturated carbocycles. The van der Waals surface area contributed by atoms with E-state index >= 15 is 0 Å². The molecule has 0 unspecified atom stereocenters. The number of nitrogens with zero attached hydrogens (tertiary/aromatic N) is 1. The first kappa shape index (κ1) is 15.1. The van der Waals surface area contributed by atoms with Crippen LogP contribution < -0.4 is 0 Å². The third-order valence-electron chi connectivity index (χ3n) is 3.92. The predicted octanol–water partition coefficient (Wildman–Crippen LogP) is 4.50. The van der Waals surface area contributed by atoms with Crippen LogP contribution in [0.3, 0.4) is 0 Å². The largest absolute Gasteiger partial charge is 0.478 e. The standard InChI is InChI=1S/C18H13F2NO2/c1-9-10(2)21-16-6-3-11(18(22)23)7-14(16)17(9)13-5-4-12(19)8-15(13)20/h3-8H,1-2H3,(H,22,23). The number of carboxylic acids is 1. The molecule has 3 rings (SSSR count). The lowest BCUT2D eigenvalue weighted by Crippen LogP contribution is -2.00. The maximum absolute atomic E-state index is 14.3. The fourth-order valence-corrected chi connectivity index (χ4v) is 2.65. The number of aryl methyl sites for hydroxylation is 1. The summed E-state index contributed by atoms with van der Waals surface area (Å²) in [5.74, 6) is -2.43. The SMILES string of the molecule is Cc1nc2ccc(C(=O)O)cc2c(-c2ccc(F)cc2F)c1C. The fourth-order valence-electron chi connectivity index (χ4n) is 2.65. The molecule has 0 spiro atoms. The van der Waals surface area contributed by atoms with Crippen molar-refractivity contribution in [3.63, 3.8) is 0 Å². The molecule has 0 amide bonds. The number of hydrogen-bond donors (Lipinski definition) is 1. The summed E-state index contributed by atoms with van der Waals surface area (Å²) in [6.07, 6.45) is 0. The molecule has 0 bridgehead atoms. The number of rotatable bonds is 2.